The fraction of sp³-hybridized carbons (Fsp3) is 0.120. The Morgan fingerprint density at radius 3 is 2.58 bits per heavy atom. The number of aromatic nitrogens is 2. The number of hydrogen-bond acceptors (Lipinski definition) is 4. The molecule has 154 valence electrons. The molecule has 0 aliphatic carbocycles. The second-order valence-electron chi connectivity index (χ2n) is 7.53. The number of aryl methyl sites for hydroxylation is 2. The molecule has 0 fully saturated rings. The van der Waals surface area contributed by atoms with Crippen LogP contribution >= 0.6 is 39.0 Å². The number of imidazole rings is 1. The number of thioether (sulfide) groups is 1. The zero-order valence-corrected chi connectivity index (χ0v) is 20.3. The first-order valence-corrected chi connectivity index (χ1v) is 12.5. The predicted molar refractivity (Wildman–Crippen MR) is 134 cm³/mol. The smallest absolute Gasteiger partial charge is 0.205 e. The quantitative estimate of drug-likeness (QED) is 0.183. The van der Waals surface area contributed by atoms with Crippen LogP contribution < -0.4 is 0 Å². The van der Waals surface area contributed by atoms with Gasteiger partial charge in [0.15, 0.2) is 0 Å². The molecule has 5 rings (SSSR count). The number of carbonyl (C=O) groups is 1. The van der Waals surface area contributed by atoms with Gasteiger partial charge in [-0.25, -0.2) is 4.98 Å². The van der Waals surface area contributed by atoms with Gasteiger partial charge in [-0.15, -0.1) is 23.1 Å². The number of rotatable bonds is 5. The highest BCUT2D eigenvalue weighted by Crippen LogP contribution is 2.41. The number of carbonyl (C=O) groups excluding carboxylic acids is 1. The number of hydrogen-bond donors (Lipinski definition) is 0. The summed E-state index contributed by atoms with van der Waals surface area (Å²) in [6, 6.07) is 20.0. The number of benzene rings is 2. The van der Waals surface area contributed by atoms with Gasteiger partial charge in [0.2, 0.25) is 5.78 Å². The molecule has 0 N–H and O–H groups in total. The number of pyridine rings is 1. The largest absolute Gasteiger partial charge is 0.297 e. The van der Waals surface area contributed by atoms with Crippen LogP contribution in [0.15, 0.2) is 75.5 Å². The van der Waals surface area contributed by atoms with Crippen molar-refractivity contribution in [1.82, 2.24) is 9.38 Å². The zero-order chi connectivity index (χ0) is 21.5. The Bertz CT molecular complexity index is 1420. The van der Waals surface area contributed by atoms with Gasteiger partial charge in [0.1, 0.15) is 16.0 Å². The molecule has 0 aliphatic heterocycles. The van der Waals surface area contributed by atoms with Gasteiger partial charge in [-0.2, -0.15) is 0 Å². The van der Waals surface area contributed by atoms with Gasteiger partial charge in [-0.3, -0.25) is 9.20 Å². The van der Waals surface area contributed by atoms with Crippen LogP contribution in [0, 0.1) is 13.8 Å². The molecule has 6 heteroatoms. The Balaban J connectivity index is 1.66. The molecule has 0 radical (unpaired) electrons. The SMILES string of the molecule is Cc1cc(C)c2nc3c(C(=O)c4ccccc4)sc(SCc4ccc(Br)cc4)c3n2c1. The van der Waals surface area contributed by atoms with E-state index in [1.165, 1.54) is 11.1 Å². The van der Waals surface area contributed by atoms with Crippen LogP contribution in [0.5, 0.6) is 0 Å². The first-order valence-electron chi connectivity index (χ1n) is 9.90. The van der Waals surface area contributed by atoms with Crippen LogP contribution in [0.2, 0.25) is 0 Å². The first kappa shape index (κ1) is 20.5. The topological polar surface area (TPSA) is 34.4 Å². The molecule has 0 amide bonds. The van der Waals surface area contributed by atoms with Crippen molar-refractivity contribution in [2.24, 2.45) is 0 Å². The number of thiophene rings is 1. The Hall–Kier alpha value is -2.41. The van der Waals surface area contributed by atoms with Gasteiger partial charge in [-0.1, -0.05) is 64.5 Å². The molecule has 0 bridgehead atoms. The van der Waals surface area contributed by atoms with E-state index in [1.54, 1.807) is 23.1 Å². The number of nitrogens with zero attached hydrogens (tertiary/aromatic N) is 2. The molecule has 0 saturated heterocycles. The van der Waals surface area contributed by atoms with Crippen molar-refractivity contribution in [2.75, 3.05) is 0 Å². The lowest BCUT2D eigenvalue weighted by atomic mass is 10.1. The Kier molecular flexibility index (Phi) is 5.46. The Morgan fingerprint density at radius 2 is 1.84 bits per heavy atom. The lowest BCUT2D eigenvalue weighted by Gasteiger charge is -2.04. The van der Waals surface area contributed by atoms with Gasteiger partial charge in [-0.05, 0) is 42.7 Å². The van der Waals surface area contributed by atoms with Crippen LogP contribution in [0.3, 0.4) is 0 Å². The zero-order valence-electron chi connectivity index (χ0n) is 17.1. The van der Waals surface area contributed by atoms with Crippen molar-refractivity contribution in [3.8, 4) is 0 Å². The molecule has 0 saturated carbocycles. The highest BCUT2D eigenvalue weighted by atomic mass is 79.9. The predicted octanol–water partition coefficient (Wildman–Crippen LogP) is 7.45. The monoisotopic (exact) mass is 506 g/mol. The summed E-state index contributed by atoms with van der Waals surface area (Å²) in [5, 5.41) is 0. The third-order valence-corrected chi connectivity index (χ3v) is 8.20. The summed E-state index contributed by atoms with van der Waals surface area (Å²) >= 11 is 6.81. The van der Waals surface area contributed by atoms with E-state index in [0.717, 1.165) is 36.7 Å². The molecule has 0 atom stereocenters. The maximum absolute atomic E-state index is 13.4. The van der Waals surface area contributed by atoms with Gasteiger partial charge < -0.3 is 0 Å². The third-order valence-electron chi connectivity index (χ3n) is 5.17. The minimum atomic E-state index is 0.0314. The molecule has 3 nitrogen and oxygen atoms in total. The Labute approximate surface area is 197 Å². The fourth-order valence-electron chi connectivity index (χ4n) is 3.73. The minimum absolute atomic E-state index is 0.0314. The van der Waals surface area contributed by atoms with E-state index in [9.17, 15) is 4.79 Å². The fourth-order valence-corrected chi connectivity index (χ4v) is 6.40. The second-order valence-corrected chi connectivity index (χ2v) is 10.7. The average Bonchev–Trinajstić information content (AvgIpc) is 3.32. The highest BCUT2D eigenvalue weighted by molar-refractivity contribution is 9.10. The summed E-state index contributed by atoms with van der Waals surface area (Å²) in [6.45, 7) is 4.17. The van der Waals surface area contributed by atoms with Crippen LogP contribution in [-0.2, 0) is 5.75 Å². The minimum Gasteiger partial charge on any atom is -0.297 e. The lowest BCUT2D eigenvalue weighted by molar-refractivity contribution is 0.104. The van der Waals surface area contributed by atoms with Crippen molar-refractivity contribution in [2.45, 2.75) is 23.8 Å². The molecule has 0 aliphatic rings. The molecule has 0 unspecified atom stereocenters. The number of halogens is 1. The molecule has 31 heavy (non-hydrogen) atoms. The van der Waals surface area contributed by atoms with E-state index in [-0.39, 0.29) is 5.78 Å². The maximum Gasteiger partial charge on any atom is 0.205 e. The summed E-state index contributed by atoms with van der Waals surface area (Å²) in [6.07, 6.45) is 2.12. The molecule has 3 aromatic heterocycles. The van der Waals surface area contributed by atoms with Crippen LogP contribution in [-0.4, -0.2) is 15.2 Å². The van der Waals surface area contributed by atoms with Crippen molar-refractivity contribution in [3.63, 3.8) is 0 Å². The van der Waals surface area contributed by atoms with Crippen LogP contribution in [0.4, 0.5) is 0 Å². The van der Waals surface area contributed by atoms with E-state index in [0.29, 0.717) is 10.4 Å². The molecule has 3 heterocycles. The summed E-state index contributed by atoms with van der Waals surface area (Å²) in [5.41, 5.74) is 6.97. The van der Waals surface area contributed by atoms with Crippen molar-refractivity contribution in [1.29, 1.82) is 0 Å². The highest BCUT2D eigenvalue weighted by Gasteiger charge is 2.24. The van der Waals surface area contributed by atoms with Gasteiger partial charge >= 0.3 is 0 Å². The Morgan fingerprint density at radius 1 is 1.10 bits per heavy atom. The van der Waals surface area contributed by atoms with Crippen molar-refractivity contribution >= 4 is 61.5 Å². The standard InChI is InChI=1S/C25H19BrN2OS2/c1-15-12-16(2)24-27-20-21(28(24)13-15)25(30-14-17-8-10-19(26)11-9-17)31-23(20)22(29)18-6-4-3-5-7-18/h3-13H,14H2,1-2H3. The second kappa shape index (κ2) is 8.26. The van der Waals surface area contributed by atoms with Crippen LogP contribution in [0.1, 0.15) is 31.9 Å². The van der Waals surface area contributed by atoms with Gasteiger partial charge in [0, 0.05) is 22.0 Å². The third kappa shape index (κ3) is 3.84. The molecular weight excluding hydrogens is 488 g/mol. The van der Waals surface area contributed by atoms with E-state index < -0.39 is 0 Å². The van der Waals surface area contributed by atoms with Crippen LogP contribution in [0.25, 0.3) is 16.7 Å². The maximum atomic E-state index is 13.4. The molecule has 5 aromatic rings. The van der Waals surface area contributed by atoms with Crippen molar-refractivity contribution < 1.29 is 4.79 Å². The number of ketones is 1. The molecule has 2 aromatic carbocycles. The first-order chi connectivity index (χ1) is 15.0. The van der Waals surface area contributed by atoms with Gasteiger partial charge in [0.05, 0.1) is 9.73 Å². The van der Waals surface area contributed by atoms with E-state index in [2.05, 4.69) is 70.7 Å². The number of fused-ring (bicyclic) bond motifs is 3. The van der Waals surface area contributed by atoms with E-state index >= 15 is 0 Å². The molecular formula is C25H19BrN2OS2. The summed E-state index contributed by atoms with van der Waals surface area (Å²) < 4.78 is 4.35. The lowest BCUT2D eigenvalue weighted by Crippen LogP contribution is -1.98. The average molecular weight is 507 g/mol. The van der Waals surface area contributed by atoms with E-state index in [1.807, 2.05) is 30.3 Å². The van der Waals surface area contributed by atoms with Crippen molar-refractivity contribution in [3.05, 3.63) is 98.5 Å². The normalized spacial score (nSPS) is 11.5. The van der Waals surface area contributed by atoms with E-state index in [4.69, 9.17) is 4.98 Å². The summed E-state index contributed by atoms with van der Waals surface area (Å²) in [5.74, 6) is 0.865. The summed E-state index contributed by atoms with van der Waals surface area (Å²) in [4.78, 5) is 19.0. The molecule has 0 spiro atoms. The summed E-state index contributed by atoms with van der Waals surface area (Å²) in [7, 11) is 0. The van der Waals surface area contributed by atoms with Gasteiger partial charge in [0.25, 0.3) is 0 Å².